The molecule has 0 saturated heterocycles. The van der Waals surface area contributed by atoms with E-state index >= 15 is 0 Å². The smallest absolute Gasteiger partial charge is 0.255 e. The third-order valence-corrected chi connectivity index (χ3v) is 4.43. The molecule has 0 atom stereocenters. The summed E-state index contributed by atoms with van der Waals surface area (Å²) >= 11 is 0. The van der Waals surface area contributed by atoms with Gasteiger partial charge in [-0.3, -0.25) is 4.79 Å². The Balaban J connectivity index is 1.41. The van der Waals surface area contributed by atoms with Crippen LogP contribution in [0, 0.1) is 20.8 Å². The van der Waals surface area contributed by atoms with Crippen LogP contribution in [0.4, 0.5) is 5.69 Å². The Morgan fingerprint density at radius 2 is 1.89 bits per heavy atom. The quantitative estimate of drug-likeness (QED) is 0.548. The number of nitrogens with zero attached hydrogens (tertiary/aromatic N) is 2. The second-order valence-corrected chi connectivity index (χ2v) is 6.49. The number of carbonyl (C=O) groups excluding carboxylic acids is 1. The normalized spacial score (nSPS) is 11.0. The number of hydrogen-bond acceptors (Lipinski definition) is 6. The predicted molar refractivity (Wildman–Crippen MR) is 103 cm³/mol. The van der Waals surface area contributed by atoms with Crippen LogP contribution in [0.3, 0.4) is 0 Å². The van der Waals surface area contributed by atoms with E-state index in [1.165, 1.54) is 0 Å². The maximum Gasteiger partial charge on any atom is 0.255 e. The molecule has 7 heteroatoms. The van der Waals surface area contributed by atoms with Crippen LogP contribution in [0.1, 0.15) is 33.3 Å². The van der Waals surface area contributed by atoms with Crippen molar-refractivity contribution >= 4 is 22.7 Å². The van der Waals surface area contributed by atoms with Crippen molar-refractivity contribution in [3.05, 3.63) is 70.9 Å². The molecular formula is C21H19N3O4. The third-order valence-electron chi connectivity index (χ3n) is 4.43. The van der Waals surface area contributed by atoms with Gasteiger partial charge >= 0.3 is 0 Å². The van der Waals surface area contributed by atoms with Crippen molar-refractivity contribution in [3.63, 3.8) is 0 Å². The predicted octanol–water partition coefficient (Wildman–Crippen LogP) is 4.57. The topological polar surface area (TPSA) is 90.4 Å². The summed E-state index contributed by atoms with van der Waals surface area (Å²) in [5, 5.41) is 6.77. The van der Waals surface area contributed by atoms with Gasteiger partial charge in [-0.05, 0) is 50.2 Å². The van der Waals surface area contributed by atoms with Crippen LogP contribution in [-0.4, -0.2) is 16.0 Å². The molecule has 2 aromatic carbocycles. The molecule has 0 aliphatic heterocycles. The first-order chi connectivity index (χ1) is 13.5. The SMILES string of the molecule is Cc1nc2ccc(NC(=O)c3ccc(OCc4c(C)noc4C)cc3)cc2o1. The lowest BCUT2D eigenvalue weighted by Gasteiger charge is -2.08. The molecule has 2 heterocycles. The molecule has 28 heavy (non-hydrogen) atoms. The van der Waals surface area contributed by atoms with Crippen LogP contribution in [0.5, 0.6) is 5.75 Å². The number of aryl methyl sites for hydroxylation is 3. The molecule has 1 N–H and O–H groups in total. The summed E-state index contributed by atoms with van der Waals surface area (Å²) in [6, 6.07) is 12.3. The van der Waals surface area contributed by atoms with E-state index in [4.69, 9.17) is 13.7 Å². The fourth-order valence-electron chi connectivity index (χ4n) is 2.89. The van der Waals surface area contributed by atoms with Gasteiger partial charge in [0.2, 0.25) is 0 Å². The van der Waals surface area contributed by atoms with Gasteiger partial charge in [0.05, 0.1) is 11.3 Å². The number of amides is 1. The minimum Gasteiger partial charge on any atom is -0.489 e. The van der Waals surface area contributed by atoms with Crippen LogP contribution in [0.2, 0.25) is 0 Å². The number of benzene rings is 2. The Kier molecular flexibility index (Phi) is 4.57. The number of oxazole rings is 1. The van der Waals surface area contributed by atoms with Gasteiger partial charge in [0, 0.05) is 24.2 Å². The number of carbonyl (C=O) groups is 1. The van der Waals surface area contributed by atoms with E-state index in [0.29, 0.717) is 35.1 Å². The Hall–Kier alpha value is -3.61. The van der Waals surface area contributed by atoms with E-state index in [1.807, 2.05) is 19.9 Å². The number of aromatic nitrogens is 2. The zero-order chi connectivity index (χ0) is 19.7. The minimum absolute atomic E-state index is 0.215. The van der Waals surface area contributed by atoms with Gasteiger partial charge < -0.3 is 19.0 Å². The second kappa shape index (κ2) is 7.19. The zero-order valence-electron chi connectivity index (χ0n) is 15.8. The van der Waals surface area contributed by atoms with Gasteiger partial charge in [-0.25, -0.2) is 4.98 Å². The highest BCUT2D eigenvalue weighted by molar-refractivity contribution is 6.04. The van der Waals surface area contributed by atoms with Crippen molar-refractivity contribution in [2.45, 2.75) is 27.4 Å². The summed E-state index contributed by atoms with van der Waals surface area (Å²) in [4.78, 5) is 16.7. The first-order valence-electron chi connectivity index (χ1n) is 8.83. The third kappa shape index (κ3) is 3.59. The first-order valence-corrected chi connectivity index (χ1v) is 8.83. The molecule has 7 nitrogen and oxygen atoms in total. The molecule has 0 unspecified atom stereocenters. The fraction of sp³-hybridized carbons (Fsp3) is 0.190. The Labute approximate surface area is 161 Å². The molecule has 0 radical (unpaired) electrons. The van der Waals surface area contributed by atoms with Crippen LogP contribution < -0.4 is 10.1 Å². The van der Waals surface area contributed by atoms with E-state index in [2.05, 4.69) is 15.5 Å². The van der Waals surface area contributed by atoms with Crippen molar-refractivity contribution in [3.8, 4) is 5.75 Å². The van der Waals surface area contributed by atoms with Gasteiger partial charge in [0.1, 0.15) is 23.6 Å². The van der Waals surface area contributed by atoms with Crippen LogP contribution in [0.15, 0.2) is 51.4 Å². The number of anilines is 1. The molecule has 0 bridgehead atoms. The highest BCUT2D eigenvalue weighted by Crippen LogP contribution is 2.21. The summed E-state index contributed by atoms with van der Waals surface area (Å²) in [6.07, 6.45) is 0. The molecule has 1 amide bonds. The lowest BCUT2D eigenvalue weighted by Crippen LogP contribution is -2.11. The molecule has 4 rings (SSSR count). The van der Waals surface area contributed by atoms with Gasteiger partial charge in [-0.15, -0.1) is 0 Å². The summed E-state index contributed by atoms with van der Waals surface area (Å²) in [5.74, 6) is 1.78. The van der Waals surface area contributed by atoms with Crippen LogP contribution >= 0.6 is 0 Å². The first kappa shape index (κ1) is 17.8. The van der Waals surface area contributed by atoms with Crippen molar-refractivity contribution in [1.82, 2.24) is 10.1 Å². The number of rotatable bonds is 5. The highest BCUT2D eigenvalue weighted by atomic mass is 16.5. The lowest BCUT2D eigenvalue weighted by atomic mass is 10.2. The molecule has 0 saturated carbocycles. The monoisotopic (exact) mass is 377 g/mol. The molecule has 0 aliphatic carbocycles. The number of nitrogens with one attached hydrogen (secondary N) is 1. The Bertz CT molecular complexity index is 1120. The van der Waals surface area contributed by atoms with E-state index in [1.54, 1.807) is 43.3 Å². The zero-order valence-corrected chi connectivity index (χ0v) is 15.8. The average molecular weight is 377 g/mol. The van der Waals surface area contributed by atoms with Crippen LogP contribution in [0.25, 0.3) is 11.1 Å². The second-order valence-electron chi connectivity index (χ2n) is 6.49. The van der Waals surface area contributed by atoms with Crippen molar-refractivity contribution < 1.29 is 18.5 Å². The summed E-state index contributed by atoms with van der Waals surface area (Å²) < 4.78 is 16.4. The molecule has 142 valence electrons. The standard InChI is InChI=1S/C21H19N3O4/c1-12-18(13(2)28-24-12)11-26-17-7-4-15(5-8-17)21(25)23-16-6-9-19-20(10-16)27-14(3)22-19/h4-10H,11H2,1-3H3,(H,23,25). The van der Waals surface area contributed by atoms with Gasteiger partial charge in [-0.2, -0.15) is 0 Å². The van der Waals surface area contributed by atoms with E-state index in [0.717, 1.165) is 22.5 Å². The summed E-state index contributed by atoms with van der Waals surface area (Å²) in [7, 11) is 0. The molecule has 0 spiro atoms. The highest BCUT2D eigenvalue weighted by Gasteiger charge is 2.11. The van der Waals surface area contributed by atoms with E-state index < -0.39 is 0 Å². The van der Waals surface area contributed by atoms with Crippen molar-refractivity contribution in [2.75, 3.05) is 5.32 Å². The number of ether oxygens (including phenoxy) is 1. The summed E-state index contributed by atoms with van der Waals surface area (Å²) in [6.45, 7) is 5.88. The van der Waals surface area contributed by atoms with Crippen LogP contribution in [-0.2, 0) is 6.61 Å². The van der Waals surface area contributed by atoms with Gasteiger partial charge in [0.25, 0.3) is 5.91 Å². The summed E-state index contributed by atoms with van der Waals surface area (Å²) in [5.41, 5.74) is 4.31. The minimum atomic E-state index is -0.215. The van der Waals surface area contributed by atoms with Crippen molar-refractivity contribution in [2.24, 2.45) is 0 Å². The lowest BCUT2D eigenvalue weighted by molar-refractivity contribution is 0.102. The average Bonchev–Trinajstić information content (AvgIpc) is 3.21. The molecule has 0 fully saturated rings. The molecule has 4 aromatic rings. The van der Waals surface area contributed by atoms with Gasteiger partial charge in [-0.1, -0.05) is 5.16 Å². The molecular weight excluding hydrogens is 358 g/mol. The molecule has 0 aliphatic rings. The molecule has 2 aromatic heterocycles. The number of fused-ring (bicyclic) bond motifs is 1. The largest absolute Gasteiger partial charge is 0.489 e. The van der Waals surface area contributed by atoms with E-state index in [9.17, 15) is 4.79 Å². The maximum atomic E-state index is 12.5. The van der Waals surface area contributed by atoms with Gasteiger partial charge in [0.15, 0.2) is 11.5 Å². The fourth-order valence-corrected chi connectivity index (χ4v) is 2.89. The maximum absolute atomic E-state index is 12.5. The van der Waals surface area contributed by atoms with E-state index in [-0.39, 0.29) is 5.91 Å². The Morgan fingerprint density at radius 3 is 2.61 bits per heavy atom. The number of hydrogen-bond donors (Lipinski definition) is 1. The van der Waals surface area contributed by atoms with Crippen molar-refractivity contribution in [1.29, 1.82) is 0 Å². The Morgan fingerprint density at radius 1 is 1.11 bits per heavy atom.